The number of ether oxygens (including phenoxy) is 2. The van der Waals surface area contributed by atoms with Crippen LogP contribution in [0.1, 0.15) is 74.5 Å². The highest BCUT2D eigenvalue weighted by Gasteiger charge is 2.38. The molecular formula is C35H45ClN2O5. The molecule has 2 heterocycles. The van der Waals surface area contributed by atoms with Gasteiger partial charge in [0, 0.05) is 43.5 Å². The molecule has 43 heavy (non-hydrogen) atoms. The van der Waals surface area contributed by atoms with Crippen LogP contribution in [0.3, 0.4) is 0 Å². The Morgan fingerprint density at radius 3 is 2.70 bits per heavy atom. The second kappa shape index (κ2) is 13.7. The number of fused-ring (bicyclic) bond motifs is 2. The first-order valence-electron chi connectivity index (χ1n) is 15.7. The highest BCUT2D eigenvalue weighted by Crippen LogP contribution is 2.43. The molecule has 1 amide bonds. The van der Waals surface area contributed by atoms with Gasteiger partial charge in [0.15, 0.2) is 0 Å². The number of hydrogen-bond acceptors (Lipinski definition) is 6. The standard InChI is InChI=1S/C35H45ClN2O5/c1-5-7-23-16-27(36)12-14-28(23)26-20-38-19-25-10-13-29(25)32(39)9-6-8-22(2)37(3)34(40)18-30(35(41)42-4)24-11-15-33(43-21-26)31(38)17-24/h6,9,11-12,14-17,22,25-26,29-30,32,39H,5,7-8,10,13,18-21H2,1-4H3/b9-6+. The molecule has 6 unspecified atom stereocenters. The SMILES string of the molecule is CCCc1cc(Cl)ccc1C1COc2ccc3cc2N(C1)CC1CCC1C(O)/C=C/CC(C)N(C)C(=O)CC3C(=O)OC. The summed E-state index contributed by atoms with van der Waals surface area (Å²) in [5, 5.41) is 11.9. The van der Waals surface area contributed by atoms with Gasteiger partial charge in [-0.25, -0.2) is 0 Å². The molecule has 7 nitrogen and oxygen atoms in total. The van der Waals surface area contributed by atoms with Crippen LogP contribution in [0.25, 0.3) is 0 Å². The zero-order valence-electron chi connectivity index (χ0n) is 25.8. The van der Waals surface area contributed by atoms with Crippen molar-refractivity contribution < 1.29 is 24.2 Å². The number of anilines is 1. The number of rotatable bonds is 4. The summed E-state index contributed by atoms with van der Waals surface area (Å²) >= 11 is 6.41. The molecule has 0 aromatic heterocycles. The Kier molecular flexibility index (Phi) is 10.0. The van der Waals surface area contributed by atoms with Gasteiger partial charge in [0.2, 0.25) is 5.91 Å². The van der Waals surface area contributed by atoms with Gasteiger partial charge >= 0.3 is 5.97 Å². The van der Waals surface area contributed by atoms with Crippen molar-refractivity contribution in [3.05, 3.63) is 70.3 Å². The van der Waals surface area contributed by atoms with E-state index in [1.54, 1.807) is 11.9 Å². The van der Waals surface area contributed by atoms with Crippen molar-refractivity contribution in [2.24, 2.45) is 11.8 Å². The van der Waals surface area contributed by atoms with Crippen LogP contribution in [0.2, 0.25) is 5.02 Å². The highest BCUT2D eigenvalue weighted by molar-refractivity contribution is 6.30. The van der Waals surface area contributed by atoms with Crippen LogP contribution in [0.15, 0.2) is 48.6 Å². The number of aliphatic hydroxyl groups is 1. The van der Waals surface area contributed by atoms with Crippen LogP contribution in [0.5, 0.6) is 5.75 Å². The smallest absolute Gasteiger partial charge is 0.313 e. The number of halogens is 1. The van der Waals surface area contributed by atoms with Crippen molar-refractivity contribution in [1.82, 2.24) is 4.90 Å². The van der Waals surface area contributed by atoms with Gasteiger partial charge in [-0.15, -0.1) is 0 Å². The molecule has 0 radical (unpaired) electrons. The van der Waals surface area contributed by atoms with E-state index in [2.05, 4.69) is 24.0 Å². The summed E-state index contributed by atoms with van der Waals surface area (Å²) < 4.78 is 11.7. The summed E-state index contributed by atoms with van der Waals surface area (Å²) in [7, 11) is 3.14. The molecule has 1 fully saturated rings. The predicted octanol–water partition coefficient (Wildman–Crippen LogP) is 6.12. The number of carbonyl (C=O) groups excluding carboxylic acids is 2. The van der Waals surface area contributed by atoms with Crippen LogP contribution < -0.4 is 9.64 Å². The number of nitrogens with zero attached hydrogens (tertiary/aromatic N) is 2. The molecule has 2 bridgehead atoms. The number of methoxy groups -OCH3 is 1. The summed E-state index contributed by atoms with van der Waals surface area (Å²) in [4.78, 5) is 30.5. The first kappa shape index (κ1) is 31.4. The summed E-state index contributed by atoms with van der Waals surface area (Å²) in [6.45, 7) is 6.17. The van der Waals surface area contributed by atoms with E-state index >= 15 is 0 Å². The molecular weight excluding hydrogens is 564 g/mol. The summed E-state index contributed by atoms with van der Waals surface area (Å²) in [5.74, 6) is 0.0714. The van der Waals surface area contributed by atoms with Crippen molar-refractivity contribution in [3.63, 3.8) is 0 Å². The van der Waals surface area contributed by atoms with Gasteiger partial charge < -0.3 is 24.4 Å². The lowest BCUT2D eigenvalue weighted by Gasteiger charge is -2.43. The first-order chi connectivity index (χ1) is 20.7. The number of amides is 1. The van der Waals surface area contributed by atoms with E-state index in [4.69, 9.17) is 21.1 Å². The summed E-state index contributed by atoms with van der Waals surface area (Å²) in [6.07, 6.45) is 7.99. The van der Waals surface area contributed by atoms with Gasteiger partial charge in [-0.05, 0) is 85.4 Å². The Bertz CT molecular complexity index is 1350. The lowest BCUT2D eigenvalue weighted by atomic mass is 9.70. The maximum atomic E-state index is 13.4. The summed E-state index contributed by atoms with van der Waals surface area (Å²) in [5.41, 5.74) is 4.14. The number of aryl methyl sites for hydroxylation is 1. The van der Waals surface area contributed by atoms with Crippen LogP contribution >= 0.6 is 11.6 Å². The molecule has 0 spiro atoms. The second-order valence-corrected chi connectivity index (χ2v) is 13.0. The maximum Gasteiger partial charge on any atom is 0.313 e. The molecule has 1 saturated carbocycles. The fourth-order valence-corrected chi connectivity index (χ4v) is 7.06. The zero-order chi connectivity index (χ0) is 30.7. The monoisotopic (exact) mass is 608 g/mol. The van der Waals surface area contributed by atoms with Crippen molar-refractivity contribution in [2.75, 3.05) is 38.8 Å². The molecule has 1 N–H and O–H groups in total. The van der Waals surface area contributed by atoms with Crippen molar-refractivity contribution in [2.45, 2.75) is 76.4 Å². The second-order valence-electron chi connectivity index (χ2n) is 12.5. The quantitative estimate of drug-likeness (QED) is 0.333. The van der Waals surface area contributed by atoms with Gasteiger partial charge in [0.1, 0.15) is 5.75 Å². The van der Waals surface area contributed by atoms with Gasteiger partial charge in [-0.1, -0.05) is 49.2 Å². The molecule has 0 saturated heterocycles. The number of hydrogen-bond donors (Lipinski definition) is 1. The molecule has 8 heteroatoms. The van der Waals surface area contributed by atoms with E-state index in [0.29, 0.717) is 18.9 Å². The van der Waals surface area contributed by atoms with E-state index in [0.717, 1.165) is 60.8 Å². The molecule has 5 rings (SSSR count). The Hall–Kier alpha value is -3.03. The van der Waals surface area contributed by atoms with Crippen molar-refractivity contribution in [1.29, 1.82) is 0 Å². The van der Waals surface area contributed by atoms with Gasteiger partial charge in [0.25, 0.3) is 0 Å². The average molecular weight is 609 g/mol. The minimum absolute atomic E-state index is 0.0119. The Morgan fingerprint density at radius 2 is 1.98 bits per heavy atom. The van der Waals surface area contributed by atoms with Gasteiger partial charge in [-0.3, -0.25) is 9.59 Å². The number of aliphatic hydroxyl groups excluding tert-OH is 1. The third kappa shape index (κ3) is 6.88. The maximum absolute atomic E-state index is 13.4. The van der Waals surface area contributed by atoms with E-state index in [1.165, 1.54) is 18.2 Å². The molecule has 2 aromatic carbocycles. The molecule has 1 aliphatic carbocycles. The Balaban J connectivity index is 1.57. The molecule has 232 valence electrons. The minimum Gasteiger partial charge on any atom is -0.491 e. The molecule has 2 aromatic rings. The lowest BCUT2D eigenvalue weighted by Crippen LogP contribution is -2.44. The van der Waals surface area contributed by atoms with E-state index < -0.39 is 18.0 Å². The number of carbonyl (C=O) groups is 2. The Labute approximate surface area is 260 Å². The van der Waals surface area contributed by atoms with E-state index in [1.807, 2.05) is 43.3 Å². The van der Waals surface area contributed by atoms with E-state index in [9.17, 15) is 14.7 Å². The fraction of sp³-hybridized carbons (Fsp3) is 0.543. The third-order valence-electron chi connectivity index (χ3n) is 9.77. The number of benzene rings is 2. The molecule has 2 aliphatic heterocycles. The largest absolute Gasteiger partial charge is 0.491 e. The molecule has 3 aliphatic rings. The van der Waals surface area contributed by atoms with Crippen LogP contribution in [0.4, 0.5) is 5.69 Å². The van der Waals surface area contributed by atoms with Crippen LogP contribution in [0, 0.1) is 11.8 Å². The van der Waals surface area contributed by atoms with Crippen molar-refractivity contribution in [3.8, 4) is 5.75 Å². The number of esters is 1. The zero-order valence-corrected chi connectivity index (χ0v) is 26.6. The van der Waals surface area contributed by atoms with Crippen molar-refractivity contribution >= 4 is 29.2 Å². The Morgan fingerprint density at radius 1 is 1.16 bits per heavy atom. The van der Waals surface area contributed by atoms with Gasteiger partial charge in [0.05, 0.1) is 31.4 Å². The topological polar surface area (TPSA) is 79.3 Å². The van der Waals surface area contributed by atoms with E-state index in [-0.39, 0.29) is 30.2 Å². The summed E-state index contributed by atoms with van der Waals surface area (Å²) in [6, 6.07) is 11.9. The lowest BCUT2D eigenvalue weighted by molar-refractivity contribution is -0.145. The van der Waals surface area contributed by atoms with Crippen LogP contribution in [-0.2, 0) is 20.7 Å². The van der Waals surface area contributed by atoms with Crippen LogP contribution in [-0.4, -0.2) is 67.9 Å². The highest BCUT2D eigenvalue weighted by atomic mass is 35.5. The fourth-order valence-electron chi connectivity index (χ4n) is 6.86. The van der Waals surface area contributed by atoms with Gasteiger partial charge in [-0.2, -0.15) is 0 Å². The predicted molar refractivity (Wildman–Crippen MR) is 170 cm³/mol. The molecule has 6 atom stereocenters. The average Bonchev–Trinajstić information content (AvgIpc) is 3.16. The third-order valence-corrected chi connectivity index (χ3v) is 10.0. The minimum atomic E-state index is -0.729. The first-order valence-corrected chi connectivity index (χ1v) is 16.1. The normalized spacial score (nSPS) is 28.7.